The van der Waals surface area contributed by atoms with Crippen molar-refractivity contribution in [2.24, 2.45) is 5.73 Å². The molecule has 1 saturated heterocycles. The molecule has 5 nitrogen and oxygen atoms in total. The number of carbonyl (C=O) groups is 1. The van der Waals surface area contributed by atoms with E-state index in [-0.39, 0.29) is 18.1 Å². The van der Waals surface area contributed by atoms with E-state index in [1.165, 1.54) is 0 Å². The zero-order valence-corrected chi connectivity index (χ0v) is 7.79. The lowest BCUT2D eigenvalue weighted by molar-refractivity contribution is -0.144. The minimum atomic E-state index is -0.389. The highest BCUT2D eigenvalue weighted by Gasteiger charge is 2.29. The van der Waals surface area contributed by atoms with Crippen molar-refractivity contribution in [3.05, 3.63) is 0 Å². The molecule has 2 atom stereocenters. The van der Waals surface area contributed by atoms with Crippen LogP contribution in [-0.2, 0) is 14.4 Å². The number of nitrogens with two attached hydrogens (primary N) is 1. The van der Waals surface area contributed by atoms with Crippen molar-refractivity contribution in [3.8, 4) is 0 Å². The van der Waals surface area contributed by atoms with E-state index in [0.717, 1.165) is 12.8 Å². The van der Waals surface area contributed by atoms with Crippen LogP contribution in [0.5, 0.6) is 0 Å². The number of hydrogen-bond acceptors (Lipinski definition) is 4. The molecule has 0 aromatic heterocycles. The maximum atomic E-state index is 11.3. The van der Waals surface area contributed by atoms with Crippen molar-refractivity contribution >= 4 is 5.91 Å². The van der Waals surface area contributed by atoms with Gasteiger partial charge >= 0.3 is 0 Å². The molecule has 0 bridgehead atoms. The van der Waals surface area contributed by atoms with E-state index < -0.39 is 0 Å². The van der Waals surface area contributed by atoms with Gasteiger partial charge in [-0.25, -0.2) is 5.48 Å². The monoisotopic (exact) mass is 188 g/mol. The third-order valence-corrected chi connectivity index (χ3v) is 1.98. The van der Waals surface area contributed by atoms with Crippen molar-refractivity contribution < 1.29 is 14.4 Å². The molecular formula is C8H16N2O3. The quantitative estimate of drug-likeness (QED) is 0.587. The third-order valence-electron chi connectivity index (χ3n) is 1.98. The maximum Gasteiger partial charge on any atom is 0.272 e. The second-order valence-corrected chi connectivity index (χ2v) is 2.96. The lowest BCUT2D eigenvalue weighted by Crippen LogP contribution is -2.35. The number of hydroxylamine groups is 1. The average Bonchev–Trinajstić information content (AvgIpc) is 2.62. The summed E-state index contributed by atoms with van der Waals surface area (Å²) in [5, 5.41) is 0. The van der Waals surface area contributed by atoms with Crippen LogP contribution in [0.4, 0.5) is 0 Å². The minimum Gasteiger partial charge on any atom is -0.364 e. The highest BCUT2D eigenvalue weighted by Crippen LogP contribution is 2.18. The molecule has 0 spiro atoms. The van der Waals surface area contributed by atoms with E-state index in [9.17, 15) is 4.79 Å². The molecular weight excluding hydrogens is 172 g/mol. The van der Waals surface area contributed by atoms with Crippen LogP contribution in [0, 0.1) is 0 Å². The molecule has 76 valence electrons. The number of hydrogen-bond donors (Lipinski definition) is 2. The Kier molecular flexibility index (Phi) is 4.14. The highest BCUT2D eigenvalue weighted by atomic mass is 16.7. The lowest BCUT2D eigenvalue weighted by atomic mass is 10.2. The number of ether oxygens (including phenoxy) is 1. The number of carbonyl (C=O) groups excluding carboxylic acids is 1. The molecule has 1 amide bonds. The van der Waals surface area contributed by atoms with Gasteiger partial charge < -0.3 is 10.5 Å². The highest BCUT2D eigenvalue weighted by molar-refractivity contribution is 5.79. The van der Waals surface area contributed by atoms with E-state index in [0.29, 0.717) is 13.2 Å². The predicted octanol–water partition coefficient (Wildman–Crippen LogP) is -0.440. The predicted molar refractivity (Wildman–Crippen MR) is 46.7 cm³/mol. The molecule has 0 saturated carbocycles. The first kappa shape index (κ1) is 10.4. The summed E-state index contributed by atoms with van der Waals surface area (Å²) in [5.74, 6) is -0.210. The van der Waals surface area contributed by atoms with Gasteiger partial charge in [0.25, 0.3) is 5.91 Å². The summed E-state index contributed by atoms with van der Waals surface area (Å²) in [6, 6.07) is 0. The summed E-state index contributed by atoms with van der Waals surface area (Å²) in [5.41, 5.74) is 7.72. The summed E-state index contributed by atoms with van der Waals surface area (Å²) in [7, 11) is 0. The normalized spacial score (nSPS) is 27.5. The Balaban J connectivity index is 2.25. The van der Waals surface area contributed by atoms with Crippen LogP contribution in [0.2, 0.25) is 0 Å². The van der Waals surface area contributed by atoms with Crippen molar-refractivity contribution in [1.29, 1.82) is 0 Å². The van der Waals surface area contributed by atoms with Crippen LogP contribution in [0.1, 0.15) is 19.8 Å². The van der Waals surface area contributed by atoms with Gasteiger partial charge in [-0.3, -0.25) is 9.63 Å². The van der Waals surface area contributed by atoms with E-state index >= 15 is 0 Å². The zero-order valence-electron chi connectivity index (χ0n) is 7.79. The third kappa shape index (κ3) is 2.95. The SMILES string of the molecule is CCONC(=O)C1CCC(CN)O1. The molecule has 13 heavy (non-hydrogen) atoms. The molecule has 0 aliphatic carbocycles. The molecule has 0 aromatic rings. The molecule has 2 unspecified atom stereocenters. The van der Waals surface area contributed by atoms with Crippen LogP contribution in [0.15, 0.2) is 0 Å². The molecule has 5 heteroatoms. The Hall–Kier alpha value is -0.650. The summed E-state index contributed by atoms with van der Waals surface area (Å²) < 4.78 is 5.35. The first-order chi connectivity index (χ1) is 6.27. The zero-order chi connectivity index (χ0) is 9.68. The largest absolute Gasteiger partial charge is 0.364 e. The first-order valence-electron chi connectivity index (χ1n) is 4.55. The van der Waals surface area contributed by atoms with Gasteiger partial charge in [0.1, 0.15) is 6.10 Å². The van der Waals surface area contributed by atoms with E-state index in [1.54, 1.807) is 6.92 Å². The van der Waals surface area contributed by atoms with Gasteiger partial charge in [-0.15, -0.1) is 0 Å². The Labute approximate surface area is 77.5 Å². The molecule has 0 radical (unpaired) electrons. The van der Waals surface area contributed by atoms with Crippen molar-refractivity contribution in [2.45, 2.75) is 32.0 Å². The molecule has 1 aliphatic heterocycles. The van der Waals surface area contributed by atoms with Crippen molar-refractivity contribution in [1.82, 2.24) is 5.48 Å². The molecule has 0 aromatic carbocycles. The van der Waals surface area contributed by atoms with Gasteiger partial charge in [-0.2, -0.15) is 0 Å². The van der Waals surface area contributed by atoms with Gasteiger partial charge in [0.2, 0.25) is 0 Å². The average molecular weight is 188 g/mol. The smallest absolute Gasteiger partial charge is 0.272 e. The molecule has 1 aliphatic rings. The Morgan fingerprint density at radius 3 is 3.00 bits per heavy atom. The Morgan fingerprint density at radius 2 is 2.46 bits per heavy atom. The molecule has 1 rings (SSSR count). The van der Waals surface area contributed by atoms with Crippen molar-refractivity contribution in [2.75, 3.05) is 13.2 Å². The van der Waals surface area contributed by atoms with Gasteiger partial charge in [-0.05, 0) is 19.8 Å². The van der Waals surface area contributed by atoms with Crippen LogP contribution >= 0.6 is 0 Å². The lowest BCUT2D eigenvalue weighted by Gasteiger charge is -2.11. The van der Waals surface area contributed by atoms with Crippen LogP contribution in [0.25, 0.3) is 0 Å². The fourth-order valence-electron chi connectivity index (χ4n) is 1.28. The van der Waals surface area contributed by atoms with Crippen LogP contribution in [0.3, 0.4) is 0 Å². The Bertz CT molecular complexity index is 175. The summed E-state index contributed by atoms with van der Waals surface area (Å²) >= 11 is 0. The van der Waals surface area contributed by atoms with Gasteiger partial charge in [0.05, 0.1) is 12.7 Å². The molecule has 1 fully saturated rings. The minimum absolute atomic E-state index is 0.0253. The van der Waals surface area contributed by atoms with E-state index in [1.807, 2.05) is 0 Å². The van der Waals surface area contributed by atoms with E-state index in [4.69, 9.17) is 15.3 Å². The first-order valence-corrected chi connectivity index (χ1v) is 4.55. The molecule has 1 heterocycles. The van der Waals surface area contributed by atoms with Crippen LogP contribution < -0.4 is 11.2 Å². The Morgan fingerprint density at radius 1 is 1.69 bits per heavy atom. The summed E-state index contributed by atoms with van der Waals surface area (Å²) in [6.45, 7) is 2.73. The topological polar surface area (TPSA) is 73.6 Å². The van der Waals surface area contributed by atoms with Crippen LogP contribution in [-0.4, -0.2) is 31.3 Å². The fourth-order valence-corrected chi connectivity index (χ4v) is 1.28. The summed E-state index contributed by atoms with van der Waals surface area (Å²) in [4.78, 5) is 16.0. The van der Waals surface area contributed by atoms with E-state index in [2.05, 4.69) is 5.48 Å². The number of nitrogens with one attached hydrogen (secondary N) is 1. The molecule has 3 N–H and O–H groups in total. The van der Waals surface area contributed by atoms with Crippen molar-refractivity contribution in [3.63, 3.8) is 0 Å². The standard InChI is InChI=1S/C8H16N2O3/c1-2-12-10-8(11)7-4-3-6(5-9)13-7/h6-7H,2-5,9H2,1H3,(H,10,11). The second-order valence-electron chi connectivity index (χ2n) is 2.96. The fraction of sp³-hybridized carbons (Fsp3) is 0.875. The number of amides is 1. The number of rotatable bonds is 4. The second kappa shape index (κ2) is 5.16. The van der Waals surface area contributed by atoms with Gasteiger partial charge in [-0.1, -0.05) is 0 Å². The summed E-state index contributed by atoms with van der Waals surface area (Å²) in [6.07, 6.45) is 1.21. The maximum absolute atomic E-state index is 11.3. The van der Waals surface area contributed by atoms with Gasteiger partial charge in [0, 0.05) is 6.54 Å². The van der Waals surface area contributed by atoms with Gasteiger partial charge in [0.15, 0.2) is 0 Å².